The predicted octanol–water partition coefficient (Wildman–Crippen LogP) is 0.826. The number of anilines is 1. The van der Waals surface area contributed by atoms with E-state index in [0.717, 1.165) is 12.1 Å². The molecule has 1 amide bonds. The lowest BCUT2D eigenvalue weighted by atomic mass is 10.1. The number of rotatable bonds is 3. The number of hydrogen-bond acceptors (Lipinski definition) is 6. The molecule has 0 bridgehead atoms. The number of benzene rings is 1. The maximum absolute atomic E-state index is 11.9. The Morgan fingerprint density at radius 1 is 1.55 bits per heavy atom. The molecule has 2 rings (SSSR count). The Balaban J connectivity index is 2.28. The van der Waals surface area contributed by atoms with Crippen LogP contribution in [0.25, 0.3) is 0 Å². The minimum atomic E-state index is -0.739. The minimum Gasteiger partial charge on any atom is -0.502 e. The van der Waals surface area contributed by atoms with Crippen molar-refractivity contribution in [3.63, 3.8) is 0 Å². The zero-order valence-corrected chi connectivity index (χ0v) is 10.6. The van der Waals surface area contributed by atoms with E-state index in [0.29, 0.717) is 0 Å². The molecule has 1 unspecified atom stereocenters. The molecule has 0 saturated carbocycles. The summed E-state index contributed by atoms with van der Waals surface area (Å²) >= 11 is 0. The molecule has 1 aromatic rings. The van der Waals surface area contributed by atoms with Crippen LogP contribution in [0.3, 0.4) is 0 Å². The number of nitro benzene ring substituents is 1. The van der Waals surface area contributed by atoms with Crippen molar-refractivity contribution in [1.82, 2.24) is 0 Å². The van der Waals surface area contributed by atoms with E-state index in [4.69, 9.17) is 0 Å². The molecule has 8 nitrogen and oxygen atoms in total. The quantitative estimate of drug-likeness (QED) is 0.498. The molecular weight excluding hydrogens is 268 g/mol. The smallest absolute Gasteiger partial charge is 0.312 e. The third-order valence-electron chi connectivity index (χ3n) is 3.13. The second-order valence-electron chi connectivity index (χ2n) is 4.36. The molecule has 1 fully saturated rings. The Kier molecular flexibility index (Phi) is 3.55. The number of carbonyl (C=O) groups excluding carboxylic acids is 2. The predicted molar refractivity (Wildman–Crippen MR) is 67.2 cm³/mol. The molecule has 106 valence electrons. The lowest BCUT2D eigenvalue weighted by Crippen LogP contribution is -2.26. The molecule has 1 aliphatic heterocycles. The first-order valence-electron chi connectivity index (χ1n) is 5.79. The molecule has 1 heterocycles. The van der Waals surface area contributed by atoms with Crippen molar-refractivity contribution < 1.29 is 24.4 Å². The van der Waals surface area contributed by atoms with Crippen molar-refractivity contribution in [1.29, 1.82) is 0 Å². The first-order chi connectivity index (χ1) is 9.43. The zero-order valence-electron chi connectivity index (χ0n) is 10.6. The molecular formula is C12H12N2O6. The highest BCUT2D eigenvalue weighted by Gasteiger charge is 2.36. The fraction of sp³-hybridized carbons (Fsp3) is 0.333. The standard InChI is InChI=1S/C12H12N2O6/c1-20-12(17)7-4-11(16)13(6-7)8-2-3-10(15)9(5-8)14(18)19/h2-3,5,7,15H,4,6H2,1H3. The maximum Gasteiger partial charge on any atom is 0.312 e. The average molecular weight is 280 g/mol. The first kappa shape index (κ1) is 13.8. The van der Waals surface area contributed by atoms with Gasteiger partial charge in [0.05, 0.1) is 23.6 Å². The number of phenols is 1. The number of hydrogen-bond donors (Lipinski definition) is 1. The van der Waals surface area contributed by atoms with E-state index in [-0.39, 0.29) is 24.6 Å². The van der Waals surface area contributed by atoms with Crippen molar-refractivity contribution in [3.05, 3.63) is 28.3 Å². The van der Waals surface area contributed by atoms with Crippen LogP contribution in [0.5, 0.6) is 5.75 Å². The van der Waals surface area contributed by atoms with Gasteiger partial charge >= 0.3 is 11.7 Å². The van der Waals surface area contributed by atoms with Gasteiger partial charge in [0.15, 0.2) is 5.75 Å². The van der Waals surface area contributed by atoms with Crippen LogP contribution < -0.4 is 4.90 Å². The summed E-state index contributed by atoms with van der Waals surface area (Å²) < 4.78 is 4.58. The maximum atomic E-state index is 11.9. The number of phenolic OH excluding ortho intramolecular Hbond substituents is 1. The van der Waals surface area contributed by atoms with Gasteiger partial charge in [-0.05, 0) is 12.1 Å². The van der Waals surface area contributed by atoms with Gasteiger partial charge in [0.2, 0.25) is 5.91 Å². The van der Waals surface area contributed by atoms with E-state index in [2.05, 4.69) is 4.74 Å². The van der Waals surface area contributed by atoms with Crippen LogP contribution >= 0.6 is 0 Å². The van der Waals surface area contributed by atoms with Crippen LogP contribution in [-0.4, -0.2) is 35.6 Å². The summed E-state index contributed by atoms with van der Waals surface area (Å²) in [4.78, 5) is 34.6. The highest BCUT2D eigenvalue weighted by molar-refractivity contribution is 5.99. The Hall–Kier alpha value is -2.64. The van der Waals surface area contributed by atoms with Gasteiger partial charge in [-0.25, -0.2) is 0 Å². The van der Waals surface area contributed by atoms with Crippen LogP contribution in [0.2, 0.25) is 0 Å². The first-order valence-corrected chi connectivity index (χ1v) is 5.79. The van der Waals surface area contributed by atoms with E-state index in [1.807, 2.05) is 0 Å². The monoisotopic (exact) mass is 280 g/mol. The van der Waals surface area contributed by atoms with Crippen molar-refractivity contribution in [2.75, 3.05) is 18.6 Å². The minimum absolute atomic E-state index is 0.00134. The number of nitrogens with zero attached hydrogens (tertiary/aromatic N) is 2. The van der Waals surface area contributed by atoms with Gasteiger partial charge in [0.1, 0.15) is 0 Å². The lowest BCUT2D eigenvalue weighted by molar-refractivity contribution is -0.385. The summed E-state index contributed by atoms with van der Waals surface area (Å²) in [6.45, 7) is 0.105. The SMILES string of the molecule is COC(=O)C1CC(=O)N(c2ccc(O)c([N+](=O)[O-])c2)C1. The van der Waals surface area contributed by atoms with Crippen molar-refractivity contribution in [3.8, 4) is 5.75 Å². The fourth-order valence-electron chi connectivity index (χ4n) is 2.11. The van der Waals surface area contributed by atoms with E-state index in [9.17, 15) is 24.8 Å². The van der Waals surface area contributed by atoms with Crippen LogP contribution in [0.4, 0.5) is 11.4 Å². The highest BCUT2D eigenvalue weighted by Crippen LogP contribution is 2.33. The molecule has 1 atom stereocenters. The van der Waals surface area contributed by atoms with Gasteiger partial charge < -0.3 is 14.7 Å². The Morgan fingerprint density at radius 3 is 2.85 bits per heavy atom. The van der Waals surface area contributed by atoms with Crippen molar-refractivity contribution in [2.45, 2.75) is 6.42 Å². The highest BCUT2D eigenvalue weighted by atomic mass is 16.6. The summed E-state index contributed by atoms with van der Waals surface area (Å²) in [6, 6.07) is 3.64. The van der Waals surface area contributed by atoms with Gasteiger partial charge in [-0.1, -0.05) is 0 Å². The average Bonchev–Trinajstić information content (AvgIpc) is 2.80. The van der Waals surface area contributed by atoms with E-state index >= 15 is 0 Å². The molecule has 1 aromatic carbocycles. The normalized spacial score (nSPS) is 18.1. The third-order valence-corrected chi connectivity index (χ3v) is 3.13. The number of esters is 1. The largest absolute Gasteiger partial charge is 0.502 e. The molecule has 0 radical (unpaired) electrons. The van der Waals surface area contributed by atoms with Crippen LogP contribution in [0.1, 0.15) is 6.42 Å². The molecule has 20 heavy (non-hydrogen) atoms. The lowest BCUT2D eigenvalue weighted by Gasteiger charge is -2.16. The zero-order chi connectivity index (χ0) is 14.9. The number of methoxy groups -OCH3 is 1. The molecule has 0 aromatic heterocycles. The molecule has 1 saturated heterocycles. The summed E-state index contributed by atoms with van der Waals surface area (Å²) in [5.41, 5.74) is -0.220. The Bertz CT molecular complexity index is 585. The molecule has 0 aliphatic carbocycles. The van der Waals surface area contributed by atoms with Crippen LogP contribution in [0.15, 0.2) is 18.2 Å². The third kappa shape index (κ3) is 2.40. The Morgan fingerprint density at radius 2 is 2.25 bits per heavy atom. The summed E-state index contributed by atoms with van der Waals surface area (Å²) in [5.74, 6) is -1.87. The number of nitro groups is 1. The summed E-state index contributed by atoms with van der Waals surface area (Å²) in [7, 11) is 1.24. The van der Waals surface area contributed by atoms with Gasteiger partial charge in [0.25, 0.3) is 0 Å². The van der Waals surface area contributed by atoms with Crippen molar-refractivity contribution in [2.24, 2.45) is 5.92 Å². The van der Waals surface area contributed by atoms with Crippen molar-refractivity contribution >= 4 is 23.3 Å². The molecule has 8 heteroatoms. The van der Waals surface area contributed by atoms with E-state index < -0.39 is 28.2 Å². The number of ether oxygens (including phenoxy) is 1. The second-order valence-corrected chi connectivity index (χ2v) is 4.36. The van der Waals surface area contributed by atoms with Crippen LogP contribution in [0, 0.1) is 16.0 Å². The Labute approximate surface area is 113 Å². The number of carbonyl (C=O) groups is 2. The number of amides is 1. The second kappa shape index (κ2) is 5.16. The topological polar surface area (TPSA) is 110 Å². The fourth-order valence-corrected chi connectivity index (χ4v) is 2.11. The van der Waals surface area contributed by atoms with Gasteiger partial charge in [-0.2, -0.15) is 0 Å². The van der Waals surface area contributed by atoms with Crippen LogP contribution in [-0.2, 0) is 14.3 Å². The summed E-state index contributed by atoms with van der Waals surface area (Å²) in [5, 5.41) is 20.1. The van der Waals surface area contributed by atoms with E-state index in [1.165, 1.54) is 18.1 Å². The molecule has 1 aliphatic rings. The van der Waals surface area contributed by atoms with Gasteiger partial charge in [0, 0.05) is 19.0 Å². The van der Waals surface area contributed by atoms with Gasteiger partial charge in [-0.15, -0.1) is 0 Å². The van der Waals surface area contributed by atoms with Gasteiger partial charge in [-0.3, -0.25) is 19.7 Å². The molecule has 0 spiro atoms. The van der Waals surface area contributed by atoms with E-state index in [1.54, 1.807) is 0 Å². The summed E-state index contributed by atoms with van der Waals surface area (Å²) in [6.07, 6.45) is 0.00134. The number of aromatic hydroxyl groups is 1. The molecule has 1 N–H and O–H groups in total.